The van der Waals surface area contributed by atoms with E-state index < -0.39 is 16.0 Å². The maximum atomic E-state index is 12.3. The van der Waals surface area contributed by atoms with E-state index in [-0.39, 0.29) is 23.1 Å². The van der Waals surface area contributed by atoms with Crippen LogP contribution in [0.25, 0.3) is 0 Å². The molecule has 0 saturated carbocycles. The Bertz CT molecular complexity index is 896. The molecule has 0 saturated heterocycles. The largest absolute Gasteiger partial charge is 0.496 e. The van der Waals surface area contributed by atoms with E-state index in [1.165, 1.54) is 24.3 Å². The molecule has 0 bridgehead atoms. The van der Waals surface area contributed by atoms with Crippen molar-refractivity contribution in [2.24, 2.45) is 0 Å². The zero-order valence-corrected chi connectivity index (χ0v) is 17.1. The summed E-state index contributed by atoms with van der Waals surface area (Å²) < 4.78 is 38.1. The number of methoxy groups -OCH3 is 1. The zero-order chi connectivity index (χ0) is 19.3. The Hall–Kier alpha value is -1.90. The second-order valence-corrected chi connectivity index (χ2v) is 8.42. The van der Waals surface area contributed by atoms with Crippen molar-refractivity contribution in [1.82, 2.24) is 4.72 Å². The first-order chi connectivity index (χ1) is 12.2. The number of sulfonamides is 1. The van der Waals surface area contributed by atoms with Crippen molar-refractivity contribution in [1.29, 1.82) is 0 Å². The number of rotatable bonds is 7. The molecule has 1 N–H and O–H groups in total. The molecule has 0 heterocycles. The van der Waals surface area contributed by atoms with Gasteiger partial charge in [0.25, 0.3) is 0 Å². The molecule has 26 heavy (non-hydrogen) atoms. The van der Waals surface area contributed by atoms with Gasteiger partial charge in [-0.05, 0) is 65.7 Å². The number of hydrogen-bond donors (Lipinski definition) is 1. The Morgan fingerprint density at radius 2 is 1.92 bits per heavy atom. The fourth-order valence-electron chi connectivity index (χ4n) is 2.20. The number of carbonyl (C=O) groups is 1. The molecule has 0 unspecified atom stereocenters. The van der Waals surface area contributed by atoms with E-state index >= 15 is 0 Å². The summed E-state index contributed by atoms with van der Waals surface area (Å²) in [6.07, 6.45) is 0. The minimum absolute atomic E-state index is 0.0211. The molecule has 0 fully saturated rings. The highest BCUT2D eigenvalue weighted by Crippen LogP contribution is 2.26. The Balaban J connectivity index is 2.11. The third kappa shape index (κ3) is 5.30. The van der Waals surface area contributed by atoms with Crippen LogP contribution in [0, 0.1) is 0 Å². The van der Waals surface area contributed by atoms with Gasteiger partial charge in [-0.3, -0.25) is 0 Å². The van der Waals surface area contributed by atoms with E-state index in [0.717, 1.165) is 10.0 Å². The molecule has 0 spiro atoms. The maximum absolute atomic E-state index is 12.3. The minimum atomic E-state index is -3.67. The maximum Gasteiger partial charge on any atom is 0.338 e. The lowest BCUT2D eigenvalue weighted by molar-refractivity contribution is 0.0472. The molecule has 0 aliphatic rings. The Kier molecular flexibility index (Phi) is 6.80. The predicted octanol–water partition coefficient (Wildman–Crippen LogP) is 3.50. The molecule has 0 atom stereocenters. The number of nitrogens with one attached hydrogen (secondary N) is 1. The lowest BCUT2D eigenvalue weighted by atomic mass is 10.2. The van der Waals surface area contributed by atoms with Crippen molar-refractivity contribution in [3.8, 4) is 5.75 Å². The molecular formula is C18H20BrNO5S. The third-order valence-corrected chi connectivity index (χ3v) is 5.63. The number of esters is 1. The quantitative estimate of drug-likeness (QED) is 0.664. The molecule has 0 aliphatic carbocycles. The standard InChI is InChI=1S/C18H20BrNO5S/c1-12(2)20-26(22,23)15-6-4-5-14(10-15)18(21)25-11-13-7-8-17(24-3)16(19)9-13/h4-10,12,20H,11H2,1-3H3. The van der Waals surface area contributed by atoms with Gasteiger partial charge >= 0.3 is 5.97 Å². The van der Waals surface area contributed by atoms with Gasteiger partial charge in [0.2, 0.25) is 10.0 Å². The molecule has 8 heteroatoms. The van der Waals surface area contributed by atoms with Crippen LogP contribution in [0.5, 0.6) is 5.75 Å². The van der Waals surface area contributed by atoms with Gasteiger partial charge in [0.05, 0.1) is 22.0 Å². The summed E-state index contributed by atoms with van der Waals surface area (Å²) in [6.45, 7) is 3.51. The average molecular weight is 442 g/mol. The van der Waals surface area contributed by atoms with Gasteiger partial charge in [0.15, 0.2) is 0 Å². The van der Waals surface area contributed by atoms with Crippen LogP contribution in [0.3, 0.4) is 0 Å². The van der Waals surface area contributed by atoms with Crippen LogP contribution in [0.1, 0.15) is 29.8 Å². The molecule has 140 valence electrons. The lowest BCUT2D eigenvalue weighted by Crippen LogP contribution is -2.30. The SMILES string of the molecule is COc1ccc(COC(=O)c2cccc(S(=O)(=O)NC(C)C)c2)cc1Br. The predicted molar refractivity (Wildman–Crippen MR) is 102 cm³/mol. The fourth-order valence-corrected chi connectivity index (χ4v) is 4.09. The number of hydrogen-bond acceptors (Lipinski definition) is 5. The highest BCUT2D eigenvalue weighted by Gasteiger charge is 2.18. The van der Waals surface area contributed by atoms with Gasteiger partial charge in [-0.25, -0.2) is 17.9 Å². The molecule has 2 aromatic carbocycles. The first kappa shape index (κ1) is 20.4. The van der Waals surface area contributed by atoms with E-state index in [1.807, 2.05) is 0 Å². The highest BCUT2D eigenvalue weighted by atomic mass is 79.9. The second kappa shape index (κ2) is 8.66. The summed E-state index contributed by atoms with van der Waals surface area (Å²) in [7, 11) is -2.11. The van der Waals surface area contributed by atoms with Crippen LogP contribution in [-0.4, -0.2) is 27.5 Å². The lowest BCUT2D eigenvalue weighted by Gasteiger charge is -2.11. The van der Waals surface area contributed by atoms with Crippen molar-refractivity contribution in [3.63, 3.8) is 0 Å². The first-order valence-corrected chi connectivity index (χ1v) is 10.1. The average Bonchev–Trinajstić information content (AvgIpc) is 2.59. The first-order valence-electron chi connectivity index (χ1n) is 7.85. The van der Waals surface area contributed by atoms with Crippen LogP contribution in [0.4, 0.5) is 0 Å². The topological polar surface area (TPSA) is 81.7 Å². The van der Waals surface area contributed by atoms with Crippen molar-refractivity contribution >= 4 is 31.9 Å². The Morgan fingerprint density at radius 3 is 2.54 bits per heavy atom. The van der Waals surface area contributed by atoms with Crippen LogP contribution in [0.2, 0.25) is 0 Å². The Morgan fingerprint density at radius 1 is 1.19 bits per heavy atom. The summed E-state index contributed by atoms with van der Waals surface area (Å²) in [5.41, 5.74) is 0.945. The fraction of sp³-hybridized carbons (Fsp3) is 0.278. The smallest absolute Gasteiger partial charge is 0.338 e. The van der Waals surface area contributed by atoms with Gasteiger partial charge in [0.1, 0.15) is 12.4 Å². The van der Waals surface area contributed by atoms with Gasteiger partial charge in [-0.1, -0.05) is 12.1 Å². The van der Waals surface area contributed by atoms with Crippen LogP contribution in [-0.2, 0) is 21.4 Å². The summed E-state index contributed by atoms with van der Waals surface area (Å²) in [4.78, 5) is 12.3. The van der Waals surface area contributed by atoms with E-state index in [1.54, 1.807) is 39.2 Å². The minimum Gasteiger partial charge on any atom is -0.496 e. The molecule has 2 rings (SSSR count). The summed E-state index contributed by atoms with van der Waals surface area (Å²) >= 11 is 3.37. The normalized spacial score (nSPS) is 11.4. The second-order valence-electron chi connectivity index (χ2n) is 5.85. The van der Waals surface area contributed by atoms with Crippen LogP contribution < -0.4 is 9.46 Å². The number of ether oxygens (including phenoxy) is 2. The van der Waals surface area contributed by atoms with E-state index in [4.69, 9.17) is 9.47 Å². The van der Waals surface area contributed by atoms with Crippen LogP contribution in [0.15, 0.2) is 51.8 Å². The number of carbonyl (C=O) groups excluding carboxylic acids is 1. The van der Waals surface area contributed by atoms with Gasteiger partial charge in [-0.15, -0.1) is 0 Å². The van der Waals surface area contributed by atoms with E-state index in [2.05, 4.69) is 20.7 Å². The number of benzene rings is 2. The number of halogens is 1. The monoisotopic (exact) mass is 441 g/mol. The van der Waals surface area contributed by atoms with Crippen molar-refractivity contribution in [3.05, 3.63) is 58.1 Å². The molecule has 2 aromatic rings. The van der Waals surface area contributed by atoms with E-state index in [9.17, 15) is 13.2 Å². The Labute approximate surface area is 161 Å². The molecule has 0 amide bonds. The van der Waals surface area contributed by atoms with Gasteiger partial charge < -0.3 is 9.47 Å². The summed E-state index contributed by atoms with van der Waals surface area (Å²) in [5.74, 6) is 0.0779. The molecule has 0 radical (unpaired) electrons. The van der Waals surface area contributed by atoms with E-state index in [0.29, 0.717) is 5.75 Å². The molecule has 6 nitrogen and oxygen atoms in total. The molecule has 0 aromatic heterocycles. The van der Waals surface area contributed by atoms with Gasteiger partial charge in [0, 0.05) is 6.04 Å². The van der Waals surface area contributed by atoms with Crippen molar-refractivity contribution < 1.29 is 22.7 Å². The van der Waals surface area contributed by atoms with Crippen LogP contribution >= 0.6 is 15.9 Å². The van der Waals surface area contributed by atoms with Gasteiger partial charge in [-0.2, -0.15) is 0 Å². The zero-order valence-electron chi connectivity index (χ0n) is 14.7. The molecule has 0 aliphatic heterocycles. The molecular weight excluding hydrogens is 422 g/mol. The highest BCUT2D eigenvalue weighted by molar-refractivity contribution is 9.10. The summed E-state index contributed by atoms with van der Waals surface area (Å²) in [5, 5.41) is 0. The van der Waals surface area contributed by atoms with Crippen molar-refractivity contribution in [2.45, 2.75) is 31.4 Å². The summed E-state index contributed by atoms with van der Waals surface area (Å²) in [6, 6.07) is 10.8. The van der Waals surface area contributed by atoms with Crippen molar-refractivity contribution in [2.75, 3.05) is 7.11 Å². The third-order valence-electron chi connectivity index (χ3n) is 3.36.